The Balaban J connectivity index is 3.66. The first-order valence-corrected chi connectivity index (χ1v) is 4.59. The molecule has 1 aromatic heterocycles. The van der Waals surface area contributed by atoms with Crippen molar-refractivity contribution in [2.24, 2.45) is 7.05 Å². The Morgan fingerprint density at radius 3 is 2.47 bits per heavy atom. The van der Waals surface area contributed by atoms with Crippen molar-refractivity contribution in [2.45, 2.75) is 19.8 Å². The van der Waals surface area contributed by atoms with Gasteiger partial charge in [-0.3, -0.25) is 9.36 Å². The van der Waals surface area contributed by atoms with Gasteiger partial charge >= 0.3 is 5.97 Å². The Morgan fingerprint density at radius 2 is 2.07 bits per heavy atom. The molecule has 3 N–H and O–H groups in total. The number of nitrogens with zero attached hydrogens (tertiary/aromatic N) is 1. The van der Waals surface area contributed by atoms with Crippen molar-refractivity contribution < 1.29 is 9.90 Å². The molecule has 5 nitrogen and oxygen atoms in total. The zero-order valence-corrected chi connectivity index (χ0v) is 8.94. The van der Waals surface area contributed by atoms with E-state index < -0.39 is 11.5 Å². The van der Waals surface area contributed by atoms with Crippen LogP contribution in [0.25, 0.3) is 0 Å². The largest absolute Gasteiger partial charge is 0.477 e. The first kappa shape index (κ1) is 11.3. The number of nitrogen functional groups attached to an aromatic ring is 1. The second-order valence-corrected chi connectivity index (χ2v) is 3.72. The highest BCUT2D eigenvalue weighted by molar-refractivity contribution is 5.89. The lowest BCUT2D eigenvalue weighted by molar-refractivity contribution is 0.0692. The van der Waals surface area contributed by atoms with Crippen LogP contribution in [0.1, 0.15) is 35.7 Å². The Kier molecular flexibility index (Phi) is 2.83. The van der Waals surface area contributed by atoms with E-state index in [2.05, 4.69) is 0 Å². The molecule has 0 radical (unpaired) electrons. The third kappa shape index (κ3) is 1.86. The van der Waals surface area contributed by atoms with Crippen molar-refractivity contribution in [2.75, 3.05) is 5.73 Å². The third-order valence-corrected chi connectivity index (χ3v) is 2.33. The molecule has 0 aromatic carbocycles. The molecule has 0 aliphatic rings. The van der Waals surface area contributed by atoms with Crippen LogP contribution in [0.15, 0.2) is 10.9 Å². The minimum atomic E-state index is -1.21. The van der Waals surface area contributed by atoms with Gasteiger partial charge in [0, 0.05) is 7.05 Å². The summed E-state index contributed by atoms with van der Waals surface area (Å²) in [6.45, 7) is 3.64. The van der Waals surface area contributed by atoms with Crippen LogP contribution in [0.2, 0.25) is 0 Å². The van der Waals surface area contributed by atoms with Crippen LogP contribution in [0.4, 0.5) is 5.82 Å². The molecule has 1 heterocycles. The summed E-state index contributed by atoms with van der Waals surface area (Å²) < 4.78 is 1.13. The fourth-order valence-corrected chi connectivity index (χ4v) is 1.41. The lowest BCUT2D eigenvalue weighted by atomic mass is 9.98. The number of anilines is 1. The molecule has 0 bridgehead atoms. The molecule has 0 atom stereocenters. The van der Waals surface area contributed by atoms with Gasteiger partial charge in [-0.15, -0.1) is 0 Å². The van der Waals surface area contributed by atoms with Gasteiger partial charge in [-0.25, -0.2) is 4.79 Å². The first-order chi connectivity index (χ1) is 6.86. The van der Waals surface area contributed by atoms with Crippen LogP contribution < -0.4 is 11.3 Å². The van der Waals surface area contributed by atoms with Crippen LogP contribution in [-0.2, 0) is 7.05 Å². The quantitative estimate of drug-likeness (QED) is 0.755. The second-order valence-electron chi connectivity index (χ2n) is 3.72. The smallest absolute Gasteiger partial charge is 0.341 e. The minimum Gasteiger partial charge on any atom is -0.477 e. The van der Waals surface area contributed by atoms with Crippen LogP contribution >= 0.6 is 0 Å². The van der Waals surface area contributed by atoms with Gasteiger partial charge in [-0.05, 0) is 17.5 Å². The van der Waals surface area contributed by atoms with Gasteiger partial charge in [0.2, 0.25) is 0 Å². The molecule has 0 amide bonds. The monoisotopic (exact) mass is 210 g/mol. The van der Waals surface area contributed by atoms with E-state index in [0.717, 1.165) is 4.57 Å². The summed E-state index contributed by atoms with van der Waals surface area (Å²) in [6.07, 6.45) is 0. The molecule has 15 heavy (non-hydrogen) atoms. The van der Waals surface area contributed by atoms with E-state index in [1.807, 2.05) is 13.8 Å². The lowest BCUT2D eigenvalue weighted by Gasteiger charge is -2.12. The number of pyridine rings is 1. The van der Waals surface area contributed by atoms with E-state index in [0.29, 0.717) is 5.56 Å². The zero-order chi connectivity index (χ0) is 11.7. The summed E-state index contributed by atoms with van der Waals surface area (Å²) in [4.78, 5) is 22.6. The Morgan fingerprint density at radius 1 is 1.53 bits per heavy atom. The number of hydrogen-bond acceptors (Lipinski definition) is 3. The van der Waals surface area contributed by atoms with Gasteiger partial charge in [0.25, 0.3) is 5.56 Å². The summed E-state index contributed by atoms with van der Waals surface area (Å²) in [5, 5.41) is 8.96. The summed E-state index contributed by atoms with van der Waals surface area (Å²) in [5.41, 5.74) is 5.32. The van der Waals surface area contributed by atoms with E-state index in [-0.39, 0.29) is 17.3 Å². The zero-order valence-electron chi connectivity index (χ0n) is 8.94. The molecular weight excluding hydrogens is 196 g/mol. The molecule has 1 aromatic rings. The van der Waals surface area contributed by atoms with Gasteiger partial charge < -0.3 is 10.8 Å². The Labute approximate surface area is 87.1 Å². The van der Waals surface area contributed by atoms with Gasteiger partial charge in [-0.1, -0.05) is 13.8 Å². The van der Waals surface area contributed by atoms with Gasteiger partial charge in [-0.2, -0.15) is 0 Å². The molecule has 0 unspecified atom stereocenters. The van der Waals surface area contributed by atoms with Gasteiger partial charge in [0.05, 0.1) is 0 Å². The van der Waals surface area contributed by atoms with Crippen molar-refractivity contribution in [3.05, 3.63) is 27.5 Å². The summed E-state index contributed by atoms with van der Waals surface area (Å²) in [7, 11) is 1.45. The SMILES string of the molecule is CC(C)c1cc(N)n(C)c(=O)c1C(=O)O. The van der Waals surface area contributed by atoms with Gasteiger partial charge in [0.1, 0.15) is 11.4 Å². The standard InChI is InChI=1S/C10H14N2O3/c1-5(2)6-4-7(11)12(3)9(13)8(6)10(14)15/h4-5H,11H2,1-3H3,(H,14,15). The predicted molar refractivity (Wildman–Crippen MR) is 57.1 cm³/mol. The summed E-state index contributed by atoms with van der Waals surface area (Å²) in [5.74, 6) is -0.986. The average molecular weight is 210 g/mol. The van der Waals surface area contributed by atoms with Crippen LogP contribution in [-0.4, -0.2) is 15.6 Å². The maximum Gasteiger partial charge on any atom is 0.341 e. The number of carboxylic acid groups (broad SMARTS) is 1. The van der Waals surface area contributed by atoms with Crippen LogP contribution in [0, 0.1) is 0 Å². The summed E-state index contributed by atoms with van der Waals surface area (Å²) >= 11 is 0. The molecule has 5 heteroatoms. The molecule has 1 rings (SSSR count). The Hall–Kier alpha value is -1.78. The highest BCUT2D eigenvalue weighted by atomic mass is 16.4. The van der Waals surface area contributed by atoms with E-state index in [1.165, 1.54) is 13.1 Å². The molecule has 0 aliphatic heterocycles. The molecule has 0 saturated heterocycles. The van der Waals surface area contributed by atoms with Crippen LogP contribution in [0.3, 0.4) is 0 Å². The van der Waals surface area contributed by atoms with Crippen LogP contribution in [0.5, 0.6) is 0 Å². The molecule has 0 spiro atoms. The second kappa shape index (κ2) is 3.76. The first-order valence-electron chi connectivity index (χ1n) is 4.59. The Bertz CT molecular complexity index is 460. The lowest BCUT2D eigenvalue weighted by Crippen LogP contribution is -2.28. The van der Waals surface area contributed by atoms with Crippen molar-refractivity contribution in [1.82, 2.24) is 4.57 Å². The number of carbonyl (C=O) groups is 1. The predicted octanol–water partition coefficient (Wildman–Crippen LogP) is 0.789. The minimum absolute atomic E-state index is 0.0488. The fraction of sp³-hybridized carbons (Fsp3) is 0.400. The normalized spacial score (nSPS) is 10.7. The number of carboxylic acids is 1. The number of aromatic nitrogens is 1. The highest BCUT2D eigenvalue weighted by Crippen LogP contribution is 2.19. The van der Waals surface area contributed by atoms with Crippen molar-refractivity contribution in [3.63, 3.8) is 0 Å². The number of aromatic carboxylic acids is 1. The van der Waals surface area contributed by atoms with Crippen molar-refractivity contribution >= 4 is 11.8 Å². The molecule has 0 fully saturated rings. The fourth-order valence-electron chi connectivity index (χ4n) is 1.41. The van der Waals surface area contributed by atoms with Crippen molar-refractivity contribution in [3.8, 4) is 0 Å². The third-order valence-electron chi connectivity index (χ3n) is 2.33. The van der Waals surface area contributed by atoms with E-state index >= 15 is 0 Å². The van der Waals surface area contributed by atoms with E-state index in [1.54, 1.807) is 0 Å². The molecule has 0 aliphatic carbocycles. The topological polar surface area (TPSA) is 85.3 Å². The number of nitrogens with two attached hydrogens (primary N) is 1. The van der Waals surface area contributed by atoms with Gasteiger partial charge in [0.15, 0.2) is 0 Å². The summed E-state index contributed by atoms with van der Waals surface area (Å²) in [6, 6.07) is 1.54. The maximum absolute atomic E-state index is 11.7. The number of hydrogen-bond donors (Lipinski definition) is 2. The average Bonchev–Trinajstić information content (AvgIpc) is 2.12. The van der Waals surface area contributed by atoms with Crippen molar-refractivity contribution in [1.29, 1.82) is 0 Å². The number of rotatable bonds is 2. The highest BCUT2D eigenvalue weighted by Gasteiger charge is 2.19. The molecule has 0 saturated carbocycles. The maximum atomic E-state index is 11.7. The molecule has 82 valence electrons. The van der Waals surface area contributed by atoms with E-state index in [9.17, 15) is 9.59 Å². The van der Waals surface area contributed by atoms with E-state index in [4.69, 9.17) is 10.8 Å². The molecular formula is C10H14N2O3.